The minimum atomic E-state index is -1.10. The predicted octanol–water partition coefficient (Wildman–Crippen LogP) is 0.537. The van der Waals surface area contributed by atoms with Crippen molar-refractivity contribution in [2.45, 2.75) is 45.1 Å². The van der Waals surface area contributed by atoms with Gasteiger partial charge >= 0.3 is 6.09 Å². The maximum Gasteiger partial charge on any atom is 0.404 e. The Bertz CT molecular complexity index is 373. The topological polar surface area (TPSA) is 113 Å². The number of carbonyl (C=O) groups is 3. The lowest BCUT2D eigenvalue weighted by Gasteiger charge is -2.25. The average Bonchev–Trinajstić information content (AvgIpc) is 2.70. The number of nitrogens with zero attached hydrogens (tertiary/aromatic N) is 1. The second-order valence-corrected chi connectivity index (χ2v) is 5.20. The Morgan fingerprint density at radius 1 is 1.55 bits per heavy atom. The second kappa shape index (κ2) is 7.72. The van der Waals surface area contributed by atoms with Crippen molar-refractivity contribution in [3.63, 3.8) is 0 Å². The molecule has 0 aromatic heterocycles. The maximum atomic E-state index is 12.0. The van der Waals surface area contributed by atoms with Crippen LogP contribution in [0.5, 0.6) is 0 Å². The molecule has 1 aliphatic rings. The summed E-state index contributed by atoms with van der Waals surface area (Å²) >= 11 is 0. The molecule has 114 valence electrons. The average molecular weight is 285 g/mol. The number of primary amides is 1. The van der Waals surface area contributed by atoms with Crippen LogP contribution in [0.4, 0.5) is 4.79 Å². The van der Waals surface area contributed by atoms with Gasteiger partial charge in [-0.15, -0.1) is 0 Å². The van der Waals surface area contributed by atoms with Crippen LogP contribution in [0.3, 0.4) is 0 Å². The third kappa shape index (κ3) is 4.71. The lowest BCUT2D eigenvalue weighted by atomic mass is 10.0. The van der Waals surface area contributed by atoms with E-state index in [1.165, 1.54) is 0 Å². The number of carboxylic acid groups (broad SMARTS) is 1. The van der Waals surface area contributed by atoms with Crippen molar-refractivity contribution in [2.75, 3.05) is 13.1 Å². The number of likely N-dealkylation sites (tertiary alicyclic amines) is 1. The predicted molar refractivity (Wildman–Crippen MR) is 73.0 cm³/mol. The van der Waals surface area contributed by atoms with Crippen molar-refractivity contribution < 1.29 is 19.5 Å². The summed E-state index contributed by atoms with van der Waals surface area (Å²) < 4.78 is 0. The molecule has 2 unspecified atom stereocenters. The highest BCUT2D eigenvalue weighted by Gasteiger charge is 2.35. The first-order valence-electron chi connectivity index (χ1n) is 7.01. The van der Waals surface area contributed by atoms with E-state index in [2.05, 4.69) is 12.2 Å². The normalized spacial score (nSPS) is 19.9. The van der Waals surface area contributed by atoms with E-state index in [0.29, 0.717) is 31.7 Å². The summed E-state index contributed by atoms with van der Waals surface area (Å²) in [5.41, 5.74) is 5.37. The van der Waals surface area contributed by atoms with E-state index in [0.717, 1.165) is 12.8 Å². The van der Waals surface area contributed by atoms with E-state index < -0.39 is 18.0 Å². The van der Waals surface area contributed by atoms with Crippen LogP contribution in [-0.2, 0) is 9.59 Å². The molecule has 0 spiro atoms. The van der Waals surface area contributed by atoms with Crippen LogP contribution in [0.1, 0.15) is 39.0 Å². The van der Waals surface area contributed by atoms with Crippen molar-refractivity contribution in [1.29, 1.82) is 0 Å². The molecule has 0 aromatic rings. The van der Waals surface area contributed by atoms with Crippen molar-refractivity contribution in [3.05, 3.63) is 0 Å². The SMILES string of the molecule is CCCC1CC(=O)N(C(CCCNC(=O)O)C(N)=O)C1. The van der Waals surface area contributed by atoms with Crippen LogP contribution >= 0.6 is 0 Å². The zero-order valence-electron chi connectivity index (χ0n) is 11.8. The van der Waals surface area contributed by atoms with E-state index in [1.54, 1.807) is 4.90 Å². The smallest absolute Gasteiger partial charge is 0.404 e. The molecular formula is C13H23N3O4. The first-order valence-corrected chi connectivity index (χ1v) is 7.01. The summed E-state index contributed by atoms with van der Waals surface area (Å²) in [7, 11) is 0. The van der Waals surface area contributed by atoms with E-state index in [9.17, 15) is 14.4 Å². The van der Waals surface area contributed by atoms with E-state index in [-0.39, 0.29) is 12.5 Å². The van der Waals surface area contributed by atoms with Gasteiger partial charge in [-0.05, 0) is 25.2 Å². The Morgan fingerprint density at radius 3 is 2.80 bits per heavy atom. The zero-order valence-corrected chi connectivity index (χ0v) is 11.8. The Labute approximate surface area is 118 Å². The first kappa shape index (κ1) is 16.3. The number of nitrogens with one attached hydrogen (secondary N) is 1. The molecule has 20 heavy (non-hydrogen) atoms. The molecule has 0 aromatic carbocycles. The Balaban J connectivity index is 2.51. The lowest BCUT2D eigenvalue weighted by molar-refractivity contribution is -0.136. The van der Waals surface area contributed by atoms with Gasteiger partial charge in [-0.25, -0.2) is 4.79 Å². The van der Waals surface area contributed by atoms with Crippen LogP contribution in [0.25, 0.3) is 0 Å². The zero-order chi connectivity index (χ0) is 15.1. The number of carbonyl (C=O) groups excluding carboxylic acids is 2. The Morgan fingerprint density at radius 2 is 2.25 bits per heavy atom. The van der Waals surface area contributed by atoms with E-state index >= 15 is 0 Å². The standard InChI is InChI=1S/C13H23N3O4/c1-2-4-9-7-11(17)16(8-9)10(12(14)18)5-3-6-15-13(19)20/h9-10,15H,2-8H2,1H3,(H2,14,18)(H,19,20). The monoisotopic (exact) mass is 285 g/mol. The van der Waals surface area contributed by atoms with Crippen molar-refractivity contribution in [3.8, 4) is 0 Å². The number of hydrogen-bond acceptors (Lipinski definition) is 3. The minimum absolute atomic E-state index is 0.0292. The molecular weight excluding hydrogens is 262 g/mol. The molecule has 0 aliphatic carbocycles. The highest BCUT2D eigenvalue weighted by atomic mass is 16.4. The molecule has 1 rings (SSSR count). The second-order valence-electron chi connectivity index (χ2n) is 5.20. The number of hydrogen-bond donors (Lipinski definition) is 3. The first-order chi connectivity index (χ1) is 9.45. The summed E-state index contributed by atoms with van der Waals surface area (Å²) in [6, 6.07) is -0.625. The van der Waals surface area contributed by atoms with Crippen LogP contribution in [0.2, 0.25) is 0 Å². The third-order valence-corrected chi connectivity index (χ3v) is 3.57. The molecule has 3 amide bonds. The van der Waals surface area contributed by atoms with Gasteiger partial charge in [-0.1, -0.05) is 13.3 Å². The summed E-state index contributed by atoms with van der Waals surface area (Å²) in [5.74, 6) is -0.254. The maximum absolute atomic E-state index is 12.0. The minimum Gasteiger partial charge on any atom is -0.465 e. The van der Waals surface area contributed by atoms with E-state index in [4.69, 9.17) is 10.8 Å². The summed E-state index contributed by atoms with van der Waals surface area (Å²) in [5, 5.41) is 10.7. The van der Waals surface area contributed by atoms with Crippen LogP contribution < -0.4 is 11.1 Å². The van der Waals surface area contributed by atoms with Crippen LogP contribution in [0.15, 0.2) is 0 Å². The fourth-order valence-corrected chi connectivity index (χ4v) is 2.65. The van der Waals surface area contributed by atoms with Crippen LogP contribution in [0, 0.1) is 5.92 Å². The molecule has 0 bridgehead atoms. The summed E-state index contributed by atoms with van der Waals surface area (Å²) in [6.45, 7) is 2.89. The molecule has 0 saturated carbocycles. The number of nitrogens with two attached hydrogens (primary N) is 1. The van der Waals surface area contributed by atoms with Gasteiger partial charge in [0.15, 0.2) is 0 Å². The van der Waals surface area contributed by atoms with Gasteiger partial charge in [0.2, 0.25) is 11.8 Å². The number of amides is 3. The highest BCUT2D eigenvalue weighted by molar-refractivity contribution is 5.87. The Kier molecular flexibility index (Phi) is 6.27. The molecule has 7 nitrogen and oxygen atoms in total. The molecule has 1 heterocycles. The van der Waals surface area contributed by atoms with Gasteiger partial charge in [0, 0.05) is 19.5 Å². The fourth-order valence-electron chi connectivity index (χ4n) is 2.65. The molecule has 2 atom stereocenters. The third-order valence-electron chi connectivity index (χ3n) is 3.57. The van der Waals surface area contributed by atoms with Gasteiger partial charge in [0.25, 0.3) is 0 Å². The largest absolute Gasteiger partial charge is 0.465 e. The molecule has 4 N–H and O–H groups in total. The molecule has 0 radical (unpaired) electrons. The van der Waals surface area contributed by atoms with Crippen molar-refractivity contribution >= 4 is 17.9 Å². The lowest BCUT2D eigenvalue weighted by Crippen LogP contribution is -2.46. The van der Waals surface area contributed by atoms with Crippen molar-refractivity contribution in [2.24, 2.45) is 11.7 Å². The molecule has 1 aliphatic heterocycles. The molecule has 7 heteroatoms. The van der Waals surface area contributed by atoms with Gasteiger partial charge in [0.1, 0.15) is 6.04 Å². The van der Waals surface area contributed by atoms with Gasteiger partial charge in [-0.3, -0.25) is 9.59 Å². The highest BCUT2D eigenvalue weighted by Crippen LogP contribution is 2.25. The van der Waals surface area contributed by atoms with Gasteiger partial charge in [0.05, 0.1) is 0 Å². The van der Waals surface area contributed by atoms with Crippen LogP contribution in [-0.4, -0.2) is 47.0 Å². The van der Waals surface area contributed by atoms with Crippen molar-refractivity contribution in [1.82, 2.24) is 10.2 Å². The Hall–Kier alpha value is -1.79. The van der Waals surface area contributed by atoms with Gasteiger partial charge in [-0.2, -0.15) is 0 Å². The molecule has 1 saturated heterocycles. The van der Waals surface area contributed by atoms with E-state index in [1.807, 2.05) is 0 Å². The van der Waals surface area contributed by atoms with Gasteiger partial charge < -0.3 is 21.1 Å². The summed E-state index contributed by atoms with van der Waals surface area (Å²) in [4.78, 5) is 35.4. The fraction of sp³-hybridized carbons (Fsp3) is 0.769. The number of rotatable bonds is 8. The molecule has 1 fully saturated rings. The quantitative estimate of drug-likeness (QED) is 0.565. The summed E-state index contributed by atoms with van der Waals surface area (Å²) in [6.07, 6.45) is 2.22.